The van der Waals surface area contributed by atoms with E-state index < -0.39 is 11.9 Å². The van der Waals surface area contributed by atoms with Crippen LogP contribution in [0.25, 0.3) is 0 Å². The van der Waals surface area contributed by atoms with Crippen molar-refractivity contribution in [1.82, 2.24) is 25.8 Å². The highest BCUT2D eigenvalue weighted by atomic mass is 16.2. The first-order valence-electron chi connectivity index (χ1n) is 12.3. The fraction of sp³-hybridized carbons (Fsp3) is 0.696. The summed E-state index contributed by atoms with van der Waals surface area (Å²) in [6, 6.07) is 1.22. The third-order valence-corrected chi connectivity index (χ3v) is 5.50. The lowest BCUT2D eigenvalue weighted by Crippen LogP contribution is -2.39. The number of urea groups is 1. The maximum absolute atomic E-state index is 12.5. The average molecular weight is 479 g/mol. The molecule has 192 valence electrons. The standard InChI is InChI=1S/C21H36N8O3.C2H6/c1-3-23-19(30)16-9-7-15(8-10-16)14-24-21(32)27-26-17(6-4-5-12-22)20(31)25-18-11-13-29(2)28-18;1-2/h11,13,15-16H,3-10,12,14,22H2,1-2H3,(H,23,30)(H2,24,27,32)(H,25,28,31);1-2H3/b26-17-;. The average Bonchev–Trinajstić information content (AvgIpc) is 3.25. The van der Waals surface area contributed by atoms with E-state index in [0.29, 0.717) is 44.2 Å². The van der Waals surface area contributed by atoms with Crippen molar-refractivity contribution in [2.24, 2.45) is 29.7 Å². The van der Waals surface area contributed by atoms with E-state index in [2.05, 4.69) is 31.6 Å². The summed E-state index contributed by atoms with van der Waals surface area (Å²) in [6.45, 7) is 7.59. The van der Waals surface area contributed by atoms with Crippen LogP contribution in [-0.2, 0) is 16.6 Å². The van der Waals surface area contributed by atoms with Crippen LogP contribution >= 0.6 is 0 Å². The number of carbonyl (C=O) groups excluding carboxylic acids is 3. The molecule has 1 aliphatic rings. The number of unbranched alkanes of at least 4 members (excludes halogenated alkanes) is 1. The van der Waals surface area contributed by atoms with E-state index in [9.17, 15) is 14.4 Å². The van der Waals surface area contributed by atoms with Crippen LogP contribution in [-0.4, -0.2) is 53.0 Å². The molecule has 1 aromatic heterocycles. The maximum Gasteiger partial charge on any atom is 0.335 e. The van der Waals surface area contributed by atoms with E-state index >= 15 is 0 Å². The van der Waals surface area contributed by atoms with Crippen LogP contribution in [0, 0.1) is 11.8 Å². The second-order valence-electron chi connectivity index (χ2n) is 8.07. The Hall–Kier alpha value is -2.95. The molecule has 1 aliphatic carbocycles. The minimum atomic E-state index is -0.460. The Labute approximate surface area is 202 Å². The van der Waals surface area contributed by atoms with Gasteiger partial charge in [0.1, 0.15) is 5.71 Å². The van der Waals surface area contributed by atoms with E-state index in [4.69, 9.17) is 5.73 Å². The van der Waals surface area contributed by atoms with Crippen molar-refractivity contribution in [2.75, 3.05) is 25.0 Å². The Kier molecular flexibility index (Phi) is 14.2. The molecule has 0 aromatic carbocycles. The summed E-state index contributed by atoms with van der Waals surface area (Å²) in [6.07, 6.45) is 6.98. The Morgan fingerprint density at radius 2 is 1.85 bits per heavy atom. The third kappa shape index (κ3) is 10.8. The minimum absolute atomic E-state index is 0.0679. The number of amides is 4. The highest BCUT2D eigenvalue weighted by Gasteiger charge is 2.26. The Morgan fingerprint density at radius 1 is 1.15 bits per heavy atom. The second-order valence-corrected chi connectivity index (χ2v) is 8.07. The lowest BCUT2D eigenvalue weighted by molar-refractivity contribution is -0.126. The van der Waals surface area contributed by atoms with Gasteiger partial charge in [0, 0.05) is 38.3 Å². The molecule has 1 heterocycles. The van der Waals surface area contributed by atoms with Crippen molar-refractivity contribution in [3.63, 3.8) is 0 Å². The number of nitrogens with zero attached hydrogens (tertiary/aromatic N) is 3. The summed E-state index contributed by atoms with van der Waals surface area (Å²) >= 11 is 0. The second kappa shape index (κ2) is 16.6. The predicted molar refractivity (Wildman–Crippen MR) is 134 cm³/mol. The molecule has 0 unspecified atom stereocenters. The molecule has 1 fully saturated rings. The van der Waals surface area contributed by atoms with Gasteiger partial charge in [0.05, 0.1) is 0 Å². The molecule has 2 rings (SSSR count). The molecule has 0 atom stereocenters. The molecule has 0 radical (unpaired) electrons. The van der Waals surface area contributed by atoms with Crippen LogP contribution in [0.4, 0.5) is 10.6 Å². The fourth-order valence-corrected chi connectivity index (χ4v) is 3.67. The number of anilines is 1. The van der Waals surface area contributed by atoms with Gasteiger partial charge >= 0.3 is 6.03 Å². The normalized spacial score (nSPS) is 17.7. The smallest absolute Gasteiger partial charge is 0.335 e. The number of hydrogen-bond donors (Lipinski definition) is 5. The van der Waals surface area contributed by atoms with E-state index in [-0.39, 0.29) is 17.5 Å². The van der Waals surface area contributed by atoms with Crippen LogP contribution in [0.2, 0.25) is 0 Å². The number of aromatic nitrogens is 2. The van der Waals surface area contributed by atoms with Gasteiger partial charge in [-0.1, -0.05) is 13.8 Å². The topological polar surface area (TPSA) is 156 Å². The van der Waals surface area contributed by atoms with Gasteiger partial charge in [-0.25, -0.2) is 10.2 Å². The van der Waals surface area contributed by atoms with Crippen molar-refractivity contribution in [3.05, 3.63) is 12.3 Å². The van der Waals surface area contributed by atoms with Crippen LogP contribution in [0.5, 0.6) is 0 Å². The number of nitrogens with one attached hydrogen (secondary N) is 4. The van der Waals surface area contributed by atoms with Crippen LogP contribution in [0.1, 0.15) is 65.7 Å². The first-order valence-corrected chi connectivity index (χ1v) is 12.3. The number of nitrogens with two attached hydrogens (primary N) is 1. The van der Waals surface area contributed by atoms with Crippen molar-refractivity contribution in [2.45, 2.75) is 65.7 Å². The molecule has 6 N–H and O–H groups in total. The quantitative estimate of drug-likeness (QED) is 0.187. The fourth-order valence-electron chi connectivity index (χ4n) is 3.67. The van der Waals surface area contributed by atoms with Crippen LogP contribution < -0.4 is 27.1 Å². The van der Waals surface area contributed by atoms with Gasteiger partial charge in [0.25, 0.3) is 5.91 Å². The van der Waals surface area contributed by atoms with Gasteiger partial charge in [-0.05, 0) is 64.3 Å². The molecule has 34 heavy (non-hydrogen) atoms. The minimum Gasteiger partial charge on any atom is -0.356 e. The molecule has 11 heteroatoms. The van der Waals surface area contributed by atoms with Crippen molar-refractivity contribution in [1.29, 1.82) is 0 Å². The van der Waals surface area contributed by atoms with Crippen LogP contribution in [0.15, 0.2) is 17.4 Å². The summed E-state index contributed by atoms with van der Waals surface area (Å²) in [5, 5.41) is 16.5. The summed E-state index contributed by atoms with van der Waals surface area (Å²) in [5.41, 5.74) is 8.17. The van der Waals surface area contributed by atoms with Crippen molar-refractivity contribution >= 4 is 29.4 Å². The van der Waals surface area contributed by atoms with E-state index in [1.54, 1.807) is 24.0 Å². The van der Waals surface area contributed by atoms with Crippen molar-refractivity contribution in [3.8, 4) is 0 Å². The lowest BCUT2D eigenvalue weighted by atomic mass is 9.81. The Bertz CT molecular complexity index is 785. The van der Waals surface area contributed by atoms with E-state index in [1.165, 1.54) is 0 Å². The molecule has 0 saturated heterocycles. The molecule has 1 saturated carbocycles. The number of carbonyl (C=O) groups is 3. The lowest BCUT2D eigenvalue weighted by Gasteiger charge is -2.27. The molecule has 1 aromatic rings. The number of hydrogen-bond acceptors (Lipinski definition) is 6. The molecular formula is C23H42N8O3. The Morgan fingerprint density at radius 3 is 2.44 bits per heavy atom. The summed E-state index contributed by atoms with van der Waals surface area (Å²) < 4.78 is 1.58. The predicted octanol–water partition coefficient (Wildman–Crippen LogP) is 2.11. The molecule has 4 amide bonds. The number of hydrazone groups is 1. The zero-order valence-corrected chi connectivity index (χ0v) is 21.0. The van der Waals surface area contributed by atoms with E-state index in [0.717, 1.165) is 32.1 Å². The zero-order valence-electron chi connectivity index (χ0n) is 21.0. The number of aryl methyl sites for hydroxylation is 1. The molecule has 0 aliphatic heterocycles. The van der Waals surface area contributed by atoms with Crippen LogP contribution in [0.3, 0.4) is 0 Å². The van der Waals surface area contributed by atoms with Gasteiger partial charge < -0.3 is 21.7 Å². The van der Waals surface area contributed by atoms with Gasteiger partial charge in [0.15, 0.2) is 5.82 Å². The van der Waals surface area contributed by atoms with Gasteiger partial charge in [-0.2, -0.15) is 10.2 Å². The number of rotatable bonds is 11. The van der Waals surface area contributed by atoms with E-state index in [1.807, 2.05) is 20.8 Å². The first kappa shape index (κ1) is 29.1. The van der Waals surface area contributed by atoms with Gasteiger partial charge in [0.2, 0.25) is 5.91 Å². The molecule has 11 nitrogen and oxygen atoms in total. The van der Waals surface area contributed by atoms with Gasteiger partial charge in [-0.3, -0.25) is 14.3 Å². The highest BCUT2D eigenvalue weighted by molar-refractivity contribution is 6.43. The monoisotopic (exact) mass is 478 g/mol. The molecule has 0 bridgehead atoms. The zero-order chi connectivity index (χ0) is 25.3. The molecular weight excluding hydrogens is 436 g/mol. The summed E-state index contributed by atoms with van der Waals surface area (Å²) in [5.74, 6) is 0.517. The maximum atomic E-state index is 12.5. The van der Waals surface area contributed by atoms with Crippen molar-refractivity contribution < 1.29 is 14.4 Å². The third-order valence-electron chi connectivity index (χ3n) is 5.50. The first-order chi connectivity index (χ1) is 16.4. The summed E-state index contributed by atoms with van der Waals surface area (Å²) in [7, 11) is 1.75. The highest BCUT2D eigenvalue weighted by Crippen LogP contribution is 2.28. The Balaban J connectivity index is 0.00000281. The van der Waals surface area contributed by atoms with Gasteiger partial charge in [-0.15, -0.1) is 0 Å². The molecule has 0 spiro atoms. The SMILES string of the molecule is CC.CCNC(=O)C1CCC(CNC(=O)N/N=C(/CCCCN)C(=O)Nc2ccn(C)n2)CC1. The summed E-state index contributed by atoms with van der Waals surface area (Å²) in [4.78, 5) is 36.7. The largest absolute Gasteiger partial charge is 0.356 e.